The highest BCUT2D eigenvalue weighted by Crippen LogP contribution is 2.31. The van der Waals surface area contributed by atoms with Crippen molar-refractivity contribution in [3.63, 3.8) is 0 Å². The van der Waals surface area contributed by atoms with Gasteiger partial charge in [-0.3, -0.25) is 9.59 Å². The topological polar surface area (TPSA) is 78.4 Å². The summed E-state index contributed by atoms with van der Waals surface area (Å²) in [6.45, 7) is 3.59. The summed E-state index contributed by atoms with van der Waals surface area (Å²) in [6, 6.07) is 3.14. The zero-order chi connectivity index (χ0) is 14.4. The van der Waals surface area contributed by atoms with Gasteiger partial charge in [0.1, 0.15) is 11.6 Å². The van der Waals surface area contributed by atoms with Gasteiger partial charge in [0.05, 0.1) is 5.69 Å². The van der Waals surface area contributed by atoms with Crippen LogP contribution in [0.4, 0.5) is 11.4 Å². The summed E-state index contributed by atoms with van der Waals surface area (Å²) in [6.07, 6.45) is 1.17. The van der Waals surface area contributed by atoms with Crippen molar-refractivity contribution in [2.24, 2.45) is 0 Å². The van der Waals surface area contributed by atoms with Crippen LogP contribution in [0.25, 0.3) is 0 Å². The Morgan fingerprint density at radius 2 is 1.95 bits per heavy atom. The molecule has 0 bridgehead atoms. The molecule has 6 heteroatoms. The molecule has 2 amide bonds. The molecule has 5 nitrogen and oxygen atoms in total. The Hall–Kier alpha value is -1.75. The number of phenols is 1. The van der Waals surface area contributed by atoms with Gasteiger partial charge >= 0.3 is 0 Å². The van der Waals surface area contributed by atoms with Crippen LogP contribution in [0.5, 0.6) is 5.75 Å². The molecule has 0 aliphatic rings. The Morgan fingerprint density at radius 3 is 2.53 bits per heavy atom. The molecule has 0 radical (unpaired) electrons. The molecule has 104 valence electrons. The maximum Gasteiger partial charge on any atom is 0.239 e. The molecule has 0 aliphatic carbocycles. The molecule has 0 heterocycles. The van der Waals surface area contributed by atoms with Crippen LogP contribution in [0.2, 0.25) is 0 Å². The van der Waals surface area contributed by atoms with Gasteiger partial charge in [-0.2, -0.15) is 0 Å². The molecule has 0 aromatic heterocycles. The summed E-state index contributed by atoms with van der Waals surface area (Å²) in [5, 5.41) is 15.0. The molecule has 0 fully saturated rings. The van der Waals surface area contributed by atoms with Crippen molar-refractivity contribution in [2.45, 2.75) is 26.7 Å². The number of halogens is 1. The molecule has 19 heavy (non-hydrogen) atoms. The van der Waals surface area contributed by atoms with Gasteiger partial charge in [-0.05, 0) is 31.0 Å². The minimum absolute atomic E-state index is 0.0352. The number of rotatable bonds is 5. The van der Waals surface area contributed by atoms with E-state index >= 15 is 0 Å². The number of hydrogen-bond donors (Lipinski definition) is 3. The summed E-state index contributed by atoms with van der Waals surface area (Å²) < 4.78 is 0. The van der Waals surface area contributed by atoms with Crippen LogP contribution in [0.1, 0.15) is 25.3 Å². The summed E-state index contributed by atoms with van der Waals surface area (Å²) in [5.41, 5.74) is 1.32. The zero-order valence-electron chi connectivity index (χ0n) is 10.9. The molecule has 0 unspecified atom stereocenters. The summed E-state index contributed by atoms with van der Waals surface area (Å²) in [7, 11) is 0. The first-order valence-corrected chi connectivity index (χ1v) is 6.50. The van der Waals surface area contributed by atoms with E-state index < -0.39 is 5.91 Å². The van der Waals surface area contributed by atoms with E-state index in [1.807, 2.05) is 6.92 Å². The molecule has 1 aromatic rings. The van der Waals surface area contributed by atoms with Crippen molar-refractivity contribution in [2.75, 3.05) is 16.5 Å². The lowest BCUT2D eigenvalue weighted by Gasteiger charge is -2.12. The third-order valence-electron chi connectivity index (χ3n) is 2.46. The van der Waals surface area contributed by atoms with Gasteiger partial charge < -0.3 is 15.7 Å². The molecule has 0 saturated heterocycles. The van der Waals surface area contributed by atoms with Gasteiger partial charge in [0.25, 0.3) is 0 Å². The number of amides is 2. The Kier molecular flexibility index (Phi) is 5.63. The van der Waals surface area contributed by atoms with Crippen LogP contribution >= 0.6 is 11.6 Å². The third-order valence-corrected chi connectivity index (χ3v) is 2.70. The van der Waals surface area contributed by atoms with Crippen molar-refractivity contribution in [1.29, 1.82) is 0 Å². The van der Waals surface area contributed by atoms with Crippen molar-refractivity contribution in [1.82, 2.24) is 0 Å². The number of phenolic OH excluding ortho intramolecular Hbond substituents is 1. The highest BCUT2D eigenvalue weighted by Gasteiger charge is 2.11. The van der Waals surface area contributed by atoms with Gasteiger partial charge in [-0.15, -0.1) is 11.6 Å². The molecule has 1 aromatic carbocycles. The van der Waals surface area contributed by atoms with E-state index in [-0.39, 0.29) is 23.2 Å². The van der Waals surface area contributed by atoms with E-state index in [1.54, 1.807) is 13.0 Å². The normalized spacial score (nSPS) is 10.1. The zero-order valence-corrected chi connectivity index (χ0v) is 11.7. The van der Waals surface area contributed by atoms with Gasteiger partial charge in [-0.25, -0.2) is 0 Å². The molecule has 0 spiro atoms. The van der Waals surface area contributed by atoms with E-state index in [1.165, 1.54) is 6.07 Å². The third kappa shape index (κ3) is 4.44. The van der Waals surface area contributed by atoms with E-state index in [4.69, 9.17) is 11.6 Å². The van der Waals surface area contributed by atoms with Crippen molar-refractivity contribution in [3.05, 3.63) is 17.7 Å². The lowest BCUT2D eigenvalue weighted by Crippen LogP contribution is -2.14. The Balaban J connectivity index is 2.95. The lowest BCUT2D eigenvalue weighted by molar-refractivity contribution is -0.116. The fourth-order valence-corrected chi connectivity index (χ4v) is 1.65. The molecule has 0 saturated carbocycles. The Bertz CT molecular complexity index is 489. The van der Waals surface area contributed by atoms with Crippen LogP contribution in [0.3, 0.4) is 0 Å². The minimum Gasteiger partial charge on any atom is -0.505 e. The highest BCUT2D eigenvalue weighted by atomic mass is 35.5. The average molecular weight is 285 g/mol. The number of alkyl halides is 1. The fourth-order valence-electron chi connectivity index (χ4n) is 1.58. The second-order valence-electron chi connectivity index (χ2n) is 4.17. The van der Waals surface area contributed by atoms with Crippen molar-refractivity contribution < 1.29 is 14.7 Å². The maximum absolute atomic E-state index is 11.5. The molecular formula is C13H17ClN2O3. The Labute approximate surface area is 117 Å². The first-order valence-electron chi connectivity index (χ1n) is 5.97. The summed E-state index contributed by atoms with van der Waals surface area (Å²) in [5.74, 6) is -0.771. The van der Waals surface area contributed by atoms with Crippen LogP contribution in [0.15, 0.2) is 12.1 Å². The van der Waals surface area contributed by atoms with E-state index in [0.717, 1.165) is 6.42 Å². The number of aryl methyl sites for hydroxylation is 1. The van der Waals surface area contributed by atoms with Crippen LogP contribution < -0.4 is 10.6 Å². The molecule has 0 aliphatic heterocycles. The number of benzene rings is 1. The first kappa shape index (κ1) is 15.3. The second-order valence-corrected chi connectivity index (χ2v) is 4.44. The van der Waals surface area contributed by atoms with Gasteiger partial charge in [0.2, 0.25) is 11.8 Å². The number of aromatic hydroxyl groups is 1. The smallest absolute Gasteiger partial charge is 0.239 e. The highest BCUT2D eigenvalue weighted by molar-refractivity contribution is 6.29. The van der Waals surface area contributed by atoms with E-state index in [0.29, 0.717) is 17.7 Å². The standard InChI is InChI=1S/C13H17ClN2O3/c1-3-4-11(17)15-9-5-8(2)13(19)10(6-9)16-12(18)7-14/h5-6,19H,3-4,7H2,1-2H3,(H,15,17)(H,16,18). The van der Waals surface area contributed by atoms with Crippen LogP contribution in [-0.2, 0) is 9.59 Å². The SMILES string of the molecule is CCCC(=O)Nc1cc(C)c(O)c(NC(=O)CCl)c1. The van der Waals surface area contributed by atoms with E-state index in [9.17, 15) is 14.7 Å². The minimum atomic E-state index is -0.423. The summed E-state index contributed by atoms with van der Waals surface area (Å²) in [4.78, 5) is 22.8. The Morgan fingerprint density at radius 1 is 1.26 bits per heavy atom. The summed E-state index contributed by atoms with van der Waals surface area (Å²) >= 11 is 5.40. The largest absolute Gasteiger partial charge is 0.505 e. The maximum atomic E-state index is 11.5. The quantitative estimate of drug-likeness (QED) is 0.442. The second kappa shape index (κ2) is 6.99. The predicted molar refractivity (Wildman–Crippen MR) is 75.7 cm³/mol. The average Bonchev–Trinajstić information content (AvgIpc) is 2.35. The van der Waals surface area contributed by atoms with Crippen molar-refractivity contribution in [3.8, 4) is 5.75 Å². The number of carbonyl (C=O) groups is 2. The number of carbonyl (C=O) groups excluding carboxylic acids is 2. The molecule has 1 rings (SSSR count). The number of hydrogen-bond acceptors (Lipinski definition) is 3. The number of anilines is 2. The molecular weight excluding hydrogens is 268 g/mol. The number of nitrogens with one attached hydrogen (secondary N) is 2. The first-order chi connectivity index (χ1) is 8.97. The van der Waals surface area contributed by atoms with Crippen molar-refractivity contribution >= 4 is 34.8 Å². The predicted octanol–water partition coefficient (Wildman–Crippen LogP) is 2.62. The van der Waals surface area contributed by atoms with E-state index in [2.05, 4.69) is 10.6 Å². The monoisotopic (exact) mass is 284 g/mol. The fraction of sp³-hybridized carbons (Fsp3) is 0.385. The van der Waals surface area contributed by atoms with Gasteiger partial charge in [-0.1, -0.05) is 6.92 Å². The van der Waals surface area contributed by atoms with Crippen LogP contribution in [-0.4, -0.2) is 22.8 Å². The van der Waals surface area contributed by atoms with Crippen LogP contribution in [0, 0.1) is 6.92 Å². The lowest BCUT2D eigenvalue weighted by atomic mass is 10.1. The van der Waals surface area contributed by atoms with Gasteiger partial charge in [0.15, 0.2) is 0 Å². The molecule has 3 N–H and O–H groups in total. The molecule has 0 atom stereocenters. The van der Waals surface area contributed by atoms with Gasteiger partial charge in [0, 0.05) is 12.1 Å².